The molecule has 3 nitrogen and oxygen atoms in total. The maximum absolute atomic E-state index is 9.33. The highest BCUT2D eigenvalue weighted by atomic mass is 16.5. The van der Waals surface area contributed by atoms with Gasteiger partial charge in [-0.25, -0.2) is 0 Å². The molecule has 19 heavy (non-hydrogen) atoms. The molecule has 3 heteroatoms. The van der Waals surface area contributed by atoms with Crippen LogP contribution in [0.25, 0.3) is 0 Å². The summed E-state index contributed by atoms with van der Waals surface area (Å²) in [5, 5.41) is 18.5. The Labute approximate surface area is 116 Å². The molecular formula is C16H26O3. The number of phenols is 1. The Morgan fingerprint density at radius 3 is 2.42 bits per heavy atom. The summed E-state index contributed by atoms with van der Waals surface area (Å²) in [4.78, 5) is 0. The van der Waals surface area contributed by atoms with E-state index in [1.54, 1.807) is 24.3 Å². The Kier molecular flexibility index (Phi) is 8.07. The van der Waals surface area contributed by atoms with Gasteiger partial charge in [0, 0.05) is 6.61 Å². The first kappa shape index (κ1) is 15.8. The first-order valence-electron chi connectivity index (χ1n) is 7.29. The minimum atomic E-state index is 0.241. The maximum Gasteiger partial charge on any atom is 0.119 e. The SMILES string of the molecule is CCCCCCC(CO)CCOc1ccc(O)cc1. The Morgan fingerprint density at radius 1 is 1.05 bits per heavy atom. The van der Waals surface area contributed by atoms with E-state index in [0.29, 0.717) is 12.5 Å². The van der Waals surface area contributed by atoms with Crippen LogP contribution in [0.2, 0.25) is 0 Å². The van der Waals surface area contributed by atoms with Crippen molar-refractivity contribution in [1.82, 2.24) is 0 Å². The first-order valence-corrected chi connectivity index (χ1v) is 7.29. The topological polar surface area (TPSA) is 49.7 Å². The van der Waals surface area contributed by atoms with Gasteiger partial charge in [0.15, 0.2) is 0 Å². The third-order valence-corrected chi connectivity index (χ3v) is 3.36. The van der Waals surface area contributed by atoms with Crippen molar-refractivity contribution in [3.63, 3.8) is 0 Å². The van der Waals surface area contributed by atoms with Crippen molar-refractivity contribution in [3.8, 4) is 11.5 Å². The molecule has 1 atom stereocenters. The fraction of sp³-hybridized carbons (Fsp3) is 0.625. The molecule has 0 aliphatic rings. The zero-order chi connectivity index (χ0) is 13.9. The molecule has 1 aromatic rings. The van der Waals surface area contributed by atoms with E-state index in [1.807, 2.05) is 0 Å². The highest BCUT2D eigenvalue weighted by molar-refractivity contribution is 5.29. The van der Waals surface area contributed by atoms with Crippen LogP contribution in [0.4, 0.5) is 0 Å². The normalized spacial score (nSPS) is 12.3. The molecule has 0 aliphatic carbocycles. The standard InChI is InChI=1S/C16H26O3/c1-2-3-4-5-6-14(13-17)11-12-19-16-9-7-15(18)8-10-16/h7-10,14,17-18H,2-6,11-13H2,1H3. The number of unbranched alkanes of at least 4 members (excludes halogenated alkanes) is 3. The van der Waals surface area contributed by atoms with Crippen molar-refractivity contribution in [1.29, 1.82) is 0 Å². The Bertz CT molecular complexity index is 321. The molecule has 0 saturated heterocycles. The van der Waals surface area contributed by atoms with E-state index in [0.717, 1.165) is 18.6 Å². The van der Waals surface area contributed by atoms with Gasteiger partial charge >= 0.3 is 0 Å². The second-order valence-corrected chi connectivity index (χ2v) is 5.03. The van der Waals surface area contributed by atoms with E-state index in [4.69, 9.17) is 9.84 Å². The quantitative estimate of drug-likeness (QED) is 0.634. The van der Waals surface area contributed by atoms with Crippen molar-refractivity contribution in [3.05, 3.63) is 24.3 Å². The molecule has 0 heterocycles. The fourth-order valence-corrected chi connectivity index (χ4v) is 2.07. The molecule has 0 amide bonds. The van der Waals surface area contributed by atoms with Gasteiger partial charge in [-0.05, 0) is 43.0 Å². The van der Waals surface area contributed by atoms with Crippen molar-refractivity contribution in [2.45, 2.75) is 45.4 Å². The van der Waals surface area contributed by atoms with E-state index >= 15 is 0 Å². The first-order chi connectivity index (χ1) is 9.26. The second kappa shape index (κ2) is 9.68. The lowest BCUT2D eigenvalue weighted by Crippen LogP contribution is -2.11. The van der Waals surface area contributed by atoms with Gasteiger partial charge in [0.1, 0.15) is 11.5 Å². The molecule has 0 bridgehead atoms. The number of aromatic hydroxyl groups is 1. The summed E-state index contributed by atoms with van der Waals surface area (Å²) in [5.41, 5.74) is 0. The number of rotatable bonds is 10. The van der Waals surface area contributed by atoms with Crippen molar-refractivity contribution >= 4 is 0 Å². The summed E-state index contributed by atoms with van der Waals surface area (Å²) >= 11 is 0. The molecule has 1 rings (SSSR count). The van der Waals surface area contributed by atoms with Gasteiger partial charge in [0.25, 0.3) is 0 Å². The van der Waals surface area contributed by atoms with Gasteiger partial charge in [0.05, 0.1) is 6.61 Å². The van der Waals surface area contributed by atoms with Crippen LogP contribution >= 0.6 is 0 Å². The van der Waals surface area contributed by atoms with Crippen molar-refractivity contribution < 1.29 is 14.9 Å². The Balaban J connectivity index is 2.16. The summed E-state index contributed by atoms with van der Waals surface area (Å²) in [6.07, 6.45) is 6.93. The predicted molar refractivity (Wildman–Crippen MR) is 77.6 cm³/mol. The van der Waals surface area contributed by atoms with Crippen LogP contribution in [0, 0.1) is 5.92 Å². The number of benzene rings is 1. The Morgan fingerprint density at radius 2 is 1.79 bits per heavy atom. The van der Waals surface area contributed by atoms with Gasteiger partial charge < -0.3 is 14.9 Å². The molecule has 0 spiro atoms. The van der Waals surface area contributed by atoms with Crippen LogP contribution in [-0.4, -0.2) is 23.4 Å². The van der Waals surface area contributed by atoms with Crippen LogP contribution in [-0.2, 0) is 0 Å². The number of hydrogen-bond donors (Lipinski definition) is 2. The van der Waals surface area contributed by atoms with Gasteiger partial charge in [-0.2, -0.15) is 0 Å². The minimum Gasteiger partial charge on any atom is -0.508 e. The van der Waals surface area contributed by atoms with E-state index in [9.17, 15) is 5.11 Å². The molecule has 0 aliphatic heterocycles. The van der Waals surface area contributed by atoms with E-state index in [2.05, 4.69) is 6.92 Å². The predicted octanol–water partition coefficient (Wildman–Crippen LogP) is 3.74. The van der Waals surface area contributed by atoms with Gasteiger partial charge in [-0.3, -0.25) is 0 Å². The molecule has 2 N–H and O–H groups in total. The molecule has 0 aromatic heterocycles. The third-order valence-electron chi connectivity index (χ3n) is 3.36. The number of aliphatic hydroxyl groups is 1. The van der Waals surface area contributed by atoms with Crippen LogP contribution in [0.1, 0.15) is 45.4 Å². The molecule has 0 saturated carbocycles. The number of phenolic OH excluding ortho intramolecular Hbond substituents is 1. The molecule has 108 valence electrons. The van der Waals surface area contributed by atoms with Gasteiger partial charge in [-0.15, -0.1) is 0 Å². The molecule has 1 aromatic carbocycles. The van der Waals surface area contributed by atoms with Crippen LogP contribution < -0.4 is 4.74 Å². The highest BCUT2D eigenvalue weighted by Gasteiger charge is 2.07. The van der Waals surface area contributed by atoms with E-state index < -0.39 is 0 Å². The lowest BCUT2D eigenvalue weighted by Gasteiger charge is -2.14. The smallest absolute Gasteiger partial charge is 0.119 e. The Hall–Kier alpha value is -1.22. The van der Waals surface area contributed by atoms with Gasteiger partial charge in [0.2, 0.25) is 0 Å². The van der Waals surface area contributed by atoms with Crippen LogP contribution in [0.5, 0.6) is 11.5 Å². The number of hydrogen-bond acceptors (Lipinski definition) is 3. The summed E-state index contributed by atoms with van der Waals surface area (Å²) in [7, 11) is 0. The van der Waals surface area contributed by atoms with Crippen LogP contribution in [0.15, 0.2) is 24.3 Å². The fourth-order valence-electron chi connectivity index (χ4n) is 2.07. The summed E-state index contributed by atoms with van der Waals surface area (Å²) < 4.78 is 5.60. The average Bonchev–Trinajstić information content (AvgIpc) is 2.43. The molecular weight excluding hydrogens is 240 g/mol. The maximum atomic E-state index is 9.33. The number of ether oxygens (including phenoxy) is 1. The van der Waals surface area contributed by atoms with E-state index in [-0.39, 0.29) is 12.4 Å². The lowest BCUT2D eigenvalue weighted by molar-refractivity contribution is 0.181. The minimum absolute atomic E-state index is 0.241. The largest absolute Gasteiger partial charge is 0.508 e. The van der Waals surface area contributed by atoms with Crippen molar-refractivity contribution in [2.75, 3.05) is 13.2 Å². The zero-order valence-corrected chi connectivity index (χ0v) is 11.8. The number of aliphatic hydroxyl groups excluding tert-OH is 1. The van der Waals surface area contributed by atoms with E-state index in [1.165, 1.54) is 25.7 Å². The molecule has 1 unspecified atom stereocenters. The average molecular weight is 266 g/mol. The zero-order valence-electron chi connectivity index (χ0n) is 11.8. The highest BCUT2D eigenvalue weighted by Crippen LogP contribution is 2.18. The second-order valence-electron chi connectivity index (χ2n) is 5.03. The van der Waals surface area contributed by atoms with Crippen molar-refractivity contribution in [2.24, 2.45) is 5.92 Å². The lowest BCUT2D eigenvalue weighted by atomic mass is 9.99. The van der Waals surface area contributed by atoms with Gasteiger partial charge in [-0.1, -0.05) is 32.6 Å². The monoisotopic (exact) mass is 266 g/mol. The summed E-state index contributed by atoms with van der Waals surface area (Å²) in [6, 6.07) is 6.74. The summed E-state index contributed by atoms with van der Waals surface area (Å²) in [5.74, 6) is 1.35. The molecule has 0 fully saturated rings. The molecule has 0 radical (unpaired) electrons. The van der Waals surface area contributed by atoms with Crippen LogP contribution in [0.3, 0.4) is 0 Å². The summed E-state index contributed by atoms with van der Waals surface area (Å²) in [6.45, 7) is 3.06. The third kappa shape index (κ3) is 7.06.